The highest BCUT2D eigenvalue weighted by atomic mass is 32.2. The standard InChI is InChI=1S/C22H20FN3O4S/c23-16-6-3-14(4-7-16)21-24-25-22(26(21)11-17-2-1-9-28-17)31-12-18(27)15-5-8-19-20(10-15)30-13-29-19/h3-8,10,17H,1-2,9,11-13H2. The van der Waals surface area contributed by atoms with Crippen LogP contribution in [0.3, 0.4) is 0 Å². The van der Waals surface area contributed by atoms with Crippen molar-refractivity contribution >= 4 is 17.5 Å². The maximum atomic E-state index is 13.4. The Balaban J connectivity index is 1.36. The summed E-state index contributed by atoms with van der Waals surface area (Å²) in [7, 11) is 0. The summed E-state index contributed by atoms with van der Waals surface area (Å²) in [5.41, 5.74) is 1.32. The number of carbonyl (C=O) groups is 1. The number of ketones is 1. The van der Waals surface area contributed by atoms with Crippen LogP contribution in [0, 0.1) is 5.82 Å². The number of Topliss-reactive ketones (excluding diaryl/α,β-unsaturated/α-hetero) is 1. The summed E-state index contributed by atoms with van der Waals surface area (Å²) < 4.78 is 31.8. The van der Waals surface area contributed by atoms with Crippen molar-refractivity contribution in [3.63, 3.8) is 0 Å². The summed E-state index contributed by atoms with van der Waals surface area (Å²) in [6.45, 7) is 1.49. The molecule has 160 valence electrons. The van der Waals surface area contributed by atoms with Crippen molar-refractivity contribution in [2.75, 3.05) is 19.2 Å². The van der Waals surface area contributed by atoms with Crippen LogP contribution in [0.25, 0.3) is 11.4 Å². The van der Waals surface area contributed by atoms with Gasteiger partial charge in [0.1, 0.15) is 5.82 Å². The lowest BCUT2D eigenvalue weighted by Gasteiger charge is -2.14. The van der Waals surface area contributed by atoms with Gasteiger partial charge in [-0.25, -0.2) is 4.39 Å². The van der Waals surface area contributed by atoms with E-state index >= 15 is 0 Å². The molecule has 1 fully saturated rings. The SMILES string of the molecule is O=C(CSc1nnc(-c2ccc(F)cc2)n1CC1CCCO1)c1ccc2c(c1)OCO2. The first-order valence-electron chi connectivity index (χ1n) is 10.0. The number of ether oxygens (including phenoxy) is 3. The zero-order chi connectivity index (χ0) is 21.2. The van der Waals surface area contributed by atoms with Crippen LogP contribution in [0.2, 0.25) is 0 Å². The van der Waals surface area contributed by atoms with Crippen molar-refractivity contribution in [1.82, 2.24) is 14.8 Å². The van der Waals surface area contributed by atoms with Crippen LogP contribution >= 0.6 is 11.8 Å². The number of fused-ring (bicyclic) bond motifs is 1. The first-order chi connectivity index (χ1) is 15.2. The van der Waals surface area contributed by atoms with E-state index in [1.165, 1.54) is 23.9 Å². The minimum Gasteiger partial charge on any atom is -0.454 e. The summed E-state index contributed by atoms with van der Waals surface area (Å²) in [6, 6.07) is 11.3. The van der Waals surface area contributed by atoms with E-state index in [1.807, 2.05) is 4.57 Å². The lowest BCUT2D eigenvalue weighted by molar-refractivity contribution is 0.0953. The number of halogens is 1. The highest BCUT2D eigenvalue weighted by molar-refractivity contribution is 7.99. The van der Waals surface area contributed by atoms with Crippen LogP contribution < -0.4 is 9.47 Å². The highest BCUT2D eigenvalue weighted by Crippen LogP contribution is 2.33. The quantitative estimate of drug-likeness (QED) is 0.406. The van der Waals surface area contributed by atoms with Gasteiger partial charge in [-0.1, -0.05) is 11.8 Å². The molecule has 0 saturated carbocycles. The second-order valence-corrected chi connectivity index (χ2v) is 8.28. The number of carbonyl (C=O) groups excluding carboxylic acids is 1. The van der Waals surface area contributed by atoms with Gasteiger partial charge in [0.05, 0.1) is 18.4 Å². The first kappa shape index (κ1) is 20.0. The predicted molar refractivity (Wildman–Crippen MR) is 112 cm³/mol. The molecule has 0 N–H and O–H groups in total. The Morgan fingerprint density at radius 2 is 1.97 bits per heavy atom. The normalized spacial score (nSPS) is 17.3. The maximum Gasteiger partial charge on any atom is 0.231 e. The Morgan fingerprint density at radius 3 is 2.77 bits per heavy atom. The Morgan fingerprint density at radius 1 is 1.13 bits per heavy atom. The molecule has 1 aromatic heterocycles. The van der Waals surface area contributed by atoms with Gasteiger partial charge in [0, 0.05) is 17.7 Å². The second kappa shape index (κ2) is 8.68. The Kier molecular flexibility index (Phi) is 5.61. The molecule has 3 aromatic rings. The van der Waals surface area contributed by atoms with Gasteiger partial charge >= 0.3 is 0 Å². The van der Waals surface area contributed by atoms with Crippen molar-refractivity contribution in [2.24, 2.45) is 0 Å². The van der Waals surface area contributed by atoms with Gasteiger partial charge in [-0.3, -0.25) is 9.36 Å². The lowest BCUT2D eigenvalue weighted by Crippen LogP contribution is -2.17. The van der Waals surface area contributed by atoms with Gasteiger partial charge in [-0.2, -0.15) is 0 Å². The summed E-state index contributed by atoms with van der Waals surface area (Å²) in [5, 5.41) is 9.26. The molecule has 0 spiro atoms. The largest absolute Gasteiger partial charge is 0.454 e. The molecule has 0 aliphatic carbocycles. The van der Waals surface area contributed by atoms with E-state index in [0.29, 0.717) is 34.6 Å². The topological polar surface area (TPSA) is 75.5 Å². The Labute approximate surface area is 182 Å². The zero-order valence-corrected chi connectivity index (χ0v) is 17.4. The van der Waals surface area contributed by atoms with Gasteiger partial charge in [0.25, 0.3) is 0 Å². The molecule has 0 radical (unpaired) electrons. The molecule has 31 heavy (non-hydrogen) atoms. The fourth-order valence-electron chi connectivity index (χ4n) is 3.65. The monoisotopic (exact) mass is 441 g/mol. The third-order valence-electron chi connectivity index (χ3n) is 5.26. The summed E-state index contributed by atoms with van der Waals surface area (Å²) >= 11 is 1.32. The average Bonchev–Trinajstić information content (AvgIpc) is 3.54. The average molecular weight is 441 g/mol. The zero-order valence-electron chi connectivity index (χ0n) is 16.6. The van der Waals surface area contributed by atoms with Crippen LogP contribution in [0.4, 0.5) is 4.39 Å². The van der Waals surface area contributed by atoms with Crippen LogP contribution in [-0.2, 0) is 11.3 Å². The molecule has 1 unspecified atom stereocenters. The van der Waals surface area contributed by atoms with Crippen LogP contribution in [-0.4, -0.2) is 45.8 Å². The third kappa shape index (κ3) is 4.28. The van der Waals surface area contributed by atoms with Crippen molar-refractivity contribution in [2.45, 2.75) is 30.6 Å². The van der Waals surface area contributed by atoms with Gasteiger partial charge in [0.15, 0.2) is 28.3 Å². The number of rotatable bonds is 7. The molecule has 2 aromatic carbocycles. The molecule has 7 nitrogen and oxygen atoms in total. The molecule has 9 heteroatoms. The predicted octanol–water partition coefficient (Wildman–Crippen LogP) is 3.97. The molecule has 0 bridgehead atoms. The number of aromatic nitrogens is 3. The van der Waals surface area contributed by atoms with Crippen molar-refractivity contribution in [1.29, 1.82) is 0 Å². The summed E-state index contributed by atoms with van der Waals surface area (Å²) in [4.78, 5) is 12.7. The lowest BCUT2D eigenvalue weighted by atomic mass is 10.1. The fraction of sp³-hybridized carbons (Fsp3) is 0.318. The third-order valence-corrected chi connectivity index (χ3v) is 6.22. The minimum atomic E-state index is -0.308. The van der Waals surface area contributed by atoms with Gasteiger partial charge in [0.2, 0.25) is 6.79 Å². The molecule has 1 saturated heterocycles. The van der Waals surface area contributed by atoms with Crippen molar-refractivity contribution < 1.29 is 23.4 Å². The van der Waals surface area contributed by atoms with E-state index in [9.17, 15) is 9.18 Å². The molecular formula is C22H20FN3O4S. The van der Waals surface area contributed by atoms with Crippen LogP contribution in [0.5, 0.6) is 11.5 Å². The smallest absolute Gasteiger partial charge is 0.231 e. The second-order valence-electron chi connectivity index (χ2n) is 7.34. The van der Waals surface area contributed by atoms with Crippen molar-refractivity contribution in [3.8, 4) is 22.9 Å². The van der Waals surface area contributed by atoms with E-state index in [2.05, 4.69) is 10.2 Å². The molecule has 0 amide bonds. The molecule has 2 aliphatic rings. The molecular weight excluding hydrogens is 421 g/mol. The van der Waals surface area contributed by atoms with Crippen LogP contribution in [0.1, 0.15) is 23.2 Å². The maximum absolute atomic E-state index is 13.4. The summed E-state index contributed by atoms with van der Waals surface area (Å²) in [6.07, 6.45) is 2.05. The van der Waals surface area contributed by atoms with Crippen LogP contribution in [0.15, 0.2) is 47.6 Å². The summed E-state index contributed by atoms with van der Waals surface area (Å²) in [5.74, 6) is 1.71. The van der Waals surface area contributed by atoms with Gasteiger partial charge in [-0.15, -0.1) is 10.2 Å². The molecule has 2 aliphatic heterocycles. The van der Waals surface area contributed by atoms with Crippen molar-refractivity contribution in [3.05, 3.63) is 53.8 Å². The Bertz CT molecular complexity index is 1100. The van der Waals surface area contributed by atoms with E-state index in [0.717, 1.165) is 25.0 Å². The van der Waals surface area contributed by atoms with E-state index < -0.39 is 0 Å². The molecule has 1 atom stereocenters. The molecule has 5 rings (SSSR count). The number of thioether (sulfide) groups is 1. The molecule has 3 heterocycles. The minimum absolute atomic E-state index is 0.0432. The number of benzene rings is 2. The Hall–Kier alpha value is -2.91. The highest BCUT2D eigenvalue weighted by Gasteiger charge is 2.23. The number of nitrogens with zero attached hydrogens (tertiary/aromatic N) is 3. The number of hydrogen-bond donors (Lipinski definition) is 0. The van der Waals surface area contributed by atoms with E-state index in [4.69, 9.17) is 14.2 Å². The van der Waals surface area contributed by atoms with Gasteiger partial charge < -0.3 is 14.2 Å². The van der Waals surface area contributed by atoms with E-state index in [1.54, 1.807) is 30.3 Å². The first-order valence-corrected chi connectivity index (χ1v) is 11.0. The van der Waals surface area contributed by atoms with E-state index in [-0.39, 0.29) is 30.3 Å². The fourth-order valence-corrected chi connectivity index (χ4v) is 4.49. The number of hydrogen-bond acceptors (Lipinski definition) is 7. The van der Waals surface area contributed by atoms with Gasteiger partial charge in [-0.05, 0) is 55.3 Å².